The molecule has 0 spiro atoms. The Balaban J connectivity index is 1.56. The van der Waals surface area contributed by atoms with Gasteiger partial charge >= 0.3 is 0 Å². The van der Waals surface area contributed by atoms with Gasteiger partial charge < -0.3 is 19.1 Å². The van der Waals surface area contributed by atoms with E-state index < -0.39 is 0 Å². The number of likely N-dealkylation sites (tertiary alicyclic amines) is 1. The fourth-order valence-corrected chi connectivity index (χ4v) is 4.67. The molecule has 0 aliphatic carbocycles. The molecule has 1 saturated heterocycles. The average molecular weight is 465 g/mol. The lowest BCUT2D eigenvalue weighted by Gasteiger charge is -2.13. The molecule has 0 unspecified atom stereocenters. The summed E-state index contributed by atoms with van der Waals surface area (Å²) in [5.74, 6) is 1.55. The molecule has 0 radical (unpaired) electrons. The van der Waals surface area contributed by atoms with Crippen LogP contribution >= 0.6 is 23.1 Å². The number of nitrogens with zero attached hydrogens (tertiary/aromatic N) is 3. The van der Waals surface area contributed by atoms with E-state index in [2.05, 4.69) is 15.5 Å². The Hall–Kier alpha value is -2.79. The summed E-state index contributed by atoms with van der Waals surface area (Å²) >= 11 is 2.56. The molecule has 1 aromatic carbocycles. The highest BCUT2D eigenvalue weighted by Crippen LogP contribution is 2.38. The van der Waals surface area contributed by atoms with Crippen LogP contribution in [-0.4, -0.2) is 67.1 Å². The standard InChI is InChI=1S/C20H24N4O5S2/c1-27-14-10-13(11-15(28-2)18(14)29-3)6-7-16(25)21-19-22-23-20(31-19)30-12-17(26)24-8-4-5-9-24/h6-7,10-11H,4-5,8-9,12H2,1-3H3,(H,21,22,25)/b7-6+. The minimum atomic E-state index is -0.352. The van der Waals surface area contributed by atoms with E-state index >= 15 is 0 Å². The molecule has 0 atom stereocenters. The highest BCUT2D eigenvalue weighted by Gasteiger charge is 2.18. The number of rotatable bonds is 9. The molecule has 9 nitrogen and oxygen atoms in total. The zero-order valence-electron chi connectivity index (χ0n) is 17.5. The molecule has 2 amide bonds. The van der Waals surface area contributed by atoms with Crippen molar-refractivity contribution in [2.75, 3.05) is 45.5 Å². The zero-order valence-corrected chi connectivity index (χ0v) is 19.2. The highest BCUT2D eigenvalue weighted by molar-refractivity contribution is 8.01. The molecule has 2 aromatic rings. The van der Waals surface area contributed by atoms with Gasteiger partial charge in [-0.25, -0.2) is 0 Å². The van der Waals surface area contributed by atoms with Crippen molar-refractivity contribution in [3.8, 4) is 17.2 Å². The quantitative estimate of drug-likeness (QED) is 0.343. The van der Waals surface area contributed by atoms with Gasteiger partial charge in [-0.05, 0) is 36.6 Å². The number of ether oxygens (including phenoxy) is 3. The van der Waals surface area contributed by atoms with Crippen LogP contribution in [0.25, 0.3) is 6.08 Å². The highest BCUT2D eigenvalue weighted by atomic mass is 32.2. The number of carbonyl (C=O) groups is 2. The molecule has 1 aliphatic heterocycles. The lowest BCUT2D eigenvalue weighted by Crippen LogP contribution is -2.29. The molecule has 11 heteroatoms. The van der Waals surface area contributed by atoms with Gasteiger partial charge in [0.05, 0.1) is 27.1 Å². The molecule has 1 aromatic heterocycles. The van der Waals surface area contributed by atoms with Crippen LogP contribution in [-0.2, 0) is 9.59 Å². The van der Waals surface area contributed by atoms with Crippen LogP contribution in [0.1, 0.15) is 18.4 Å². The first-order valence-corrected chi connectivity index (χ1v) is 11.4. The number of hydrogen-bond donors (Lipinski definition) is 1. The first-order valence-electron chi connectivity index (χ1n) is 9.57. The van der Waals surface area contributed by atoms with Gasteiger partial charge in [0.2, 0.25) is 22.7 Å². The zero-order chi connectivity index (χ0) is 22.2. The third-order valence-electron chi connectivity index (χ3n) is 4.53. The Bertz CT molecular complexity index is 932. The van der Waals surface area contributed by atoms with E-state index in [1.807, 2.05) is 4.90 Å². The van der Waals surface area contributed by atoms with Crippen molar-refractivity contribution >= 4 is 46.1 Å². The lowest BCUT2D eigenvalue weighted by molar-refractivity contribution is -0.127. The van der Waals surface area contributed by atoms with Crippen molar-refractivity contribution < 1.29 is 23.8 Å². The van der Waals surface area contributed by atoms with Crippen LogP contribution in [0.3, 0.4) is 0 Å². The van der Waals surface area contributed by atoms with E-state index in [1.165, 1.54) is 50.5 Å². The van der Waals surface area contributed by atoms with Crippen LogP contribution in [0.2, 0.25) is 0 Å². The topological polar surface area (TPSA) is 103 Å². The van der Waals surface area contributed by atoms with Gasteiger partial charge in [0.25, 0.3) is 0 Å². The molecule has 31 heavy (non-hydrogen) atoms. The summed E-state index contributed by atoms with van der Waals surface area (Å²) in [7, 11) is 4.59. The molecule has 1 aliphatic rings. The van der Waals surface area contributed by atoms with Crippen LogP contribution in [0.5, 0.6) is 17.2 Å². The number of thioether (sulfide) groups is 1. The van der Waals surface area contributed by atoms with Gasteiger partial charge in [-0.2, -0.15) is 0 Å². The number of aromatic nitrogens is 2. The van der Waals surface area contributed by atoms with Crippen molar-refractivity contribution in [2.45, 2.75) is 17.2 Å². The second-order valence-electron chi connectivity index (χ2n) is 6.53. The Morgan fingerprint density at radius 1 is 1.13 bits per heavy atom. The van der Waals surface area contributed by atoms with Crippen LogP contribution in [0.15, 0.2) is 22.5 Å². The normalized spacial score (nSPS) is 13.5. The van der Waals surface area contributed by atoms with E-state index in [-0.39, 0.29) is 11.8 Å². The summed E-state index contributed by atoms with van der Waals surface area (Å²) in [5, 5.41) is 11.0. The Kier molecular flexibility index (Phi) is 8.13. The predicted molar refractivity (Wildman–Crippen MR) is 120 cm³/mol. The number of benzene rings is 1. The molecule has 0 saturated carbocycles. The van der Waals surface area contributed by atoms with E-state index in [4.69, 9.17) is 14.2 Å². The first kappa shape index (κ1) is 22.9. The Morgan fingerprint density at radius 3 is 2.42 bits per heavy atom. The monoisotopic (exact) mass is 464 g/mol. The van der Waals surface area contributed by atoms with Gasteiger partial charge in [0.15, 0.2) is 15.8 Å². The number of carbonyl (C=O) groups excluding carboxylic acids is 2. The number of nitrogens with one attached hydrogen (secondary N) is 1. The SMILES string of the molecule is COc1cc(/C=C/C(=O)Nc2nnc(SCC(=O)N3CCCC3)s2)cc(OC)c1OC. The molecular formula is C20H24N4O5S2. The minimum absolute atomic E-state index is 0.108. The number of methoxy groups -OCH3 is 3. The van der Waals surface area contributed by atoms with Gasteiger partial charge in [-0.3, -0.25) is 14.9 Å². The van der Waals surface area contributed by atoms with Gasteiger partial charge in [-0.15, -0.1) is 10.2 Å². The van der Waals surface area contributed by atoms with E-state index in [1.54, 1.807) is 18.2 Å². The molecule has 2 heterocycles. The second-order valence-corrected chi connectivity index (χ2v) is 8.73. The molecule has 166 valence electrons. The van der Waals surface area contributed by atoms with Crippen molar-refractivity contribution in [2.24, 2.45) is 0 Å². The fourth-order valence-electron chi connectivity index (χ4n) is 3.02. The van der Waals surface area contributed by atoms with Gasteiger partial charge in [-0.1, -0.05) is 23.1 Å². The maximum atomic E-state index is 12.3. The maximum Gasteiger partial charge on any atom is 0.250 e. The smallest absolute Gasteiger partial charge is 0.250 e. The van der Waals surface area contributed by atoms with E-state index in [9.17, 15) is 9.59 Å². The molecule has 3 rings (SSSR count). The van der Waals surface area contributed by atoms with Crippen molar-refractivity contribution in [1.29, 1.82) is 0 Å². The fraction of sp³-hybridized carbons (Fsp3) is 0.400. The Labute approximate surface area is 188 Å². The number of hydrogen-bond acceptors (Lipinski definition) is 9. The van der Waals surface area contributed by atoms with E-state index in [0.717, 1.165) is 25.9 Å². The third-order valence-corrected chi connectivity index (χ3v) is 6.49. The van der Waals surface area contributed by atoms with Gasteiger partial charge in [0.1, 0.15) is 0 Å². The predicted octanol–water partition coefficient (Wildman–Crippen LogP) is 2.93. The maximum absolute atomic E-state index is 12.3. The molecular weight excluding hydrogens is 440 g/mol. The van der Waals surface area contributed by atoms with Crippen LogP contribution in [0, 0.1) is 0 Å². The van der Waals surface area contributed by atoms with Crippen molar-refractivity contribution in [3.05, 3.63) is 23.8 Å². The molecule has 1 N–H and O–H groups in total. The van der Waals surface area contributed by atoms with Crippen molar-refractivity contribution in [3.63, 3.8) is 0 Å². The average Bonchev–Trinajstić information content (AvgIpc) is 3.47. The summed E-state index contributed by atoms with van der Waals surface area (Å²) in [6.07, 6.45) is 5.14. The second kappa shape index (κ2) is 11.0. The van der Waals surface area contributed by atoms with E-state index in [0.29, 0.717) is 38.0 Å². The number of amides is 2. The minimum Gasteiger partial charge on any atom is -0.493 e. The lowest BCUT2D eigenvalue weighted by atomic mass is 10.1. The summed E-state index contributed by atoms with van der Waals surface area (Å²) in [5.41, 5.74) is 0.707. The number of anilines is 1. The first-order chi connectivity index (χ1) is 15.0. The third kappa shape index (κ3) is 6.11. The molecule has 0 bridgehead atoms. The van der Waals surface area contributed by atoms with Crippen LogP contribution in [0.4, 0.5) is 5.13 Å². The van der Waals surface area contributed by atoms with Crippen molar-refractivity contribution in [1.82, 2.24) is 15.1 Å². The molecule has 1 fully saturated rings. The largest absolute Gasteiger partial charge is 0.493 e. The Morgan fingerprint density at radius 2 is 1.81 bits per heavy atom. The summed E-state index contributed by atoms with van der Waals surface area (Å²) in [6, 6.07) is 3.48. The summed E-state index contributed by atoms with van der Waals surface area (Å²) in [6.45, 7) is 1.66. The summed E-state index contributed by atoms with van der Waals surface area (Å²) in [4.78, 5) is 26.2. The summed E-state index contributed by atoms with van der Waals surface area (Å²) < 4.78 is 16.5. The van der Waals surface area contributed by atoms with Crippen LogP contribution < -0.4 is 19.5 Å². The van der Waals surface area contributed by atoms with Gasteiger partial charge in [0, 0.05) is 19.2 Å².